The molecule has 5 nitrogen and oxygen atoms in total. The molecule has 0 aliphatic rings. The molecule has 0 atom stereocenters. The average molecular weight is 351 g/mol. The molecule has 0 bridgehead atoms. The van der Waals surface area contributed by atoms with E-state index in [1.165, 1.54) is 10.9 Å². The van der Waals surface area contributed by atoms with E-state index in [9.17, 15) is 0 Å². The van der Waals surface area contributed by atoms with E-state index < -0.39 is 0 Å². The average Bonchev–Trinajstić information content (AvgIpc) is 3.03. The lowest BCUT2D eigenvalue weighted by atomic mass is 10.2. The van der Waals surface area contributed by atoms with Crippen molar-refractivity contribution in [3.63, 3.8) is 0 Å². The van der Waals surface area contributed by atoms with Crippen LogP contribution in [0.25, 0.3) is 10.9 Å². The van der Waals surface area contributed by atoms with Crippen molar-refractivity contribution in [2.24, 2.45) is 5.10 Å². The highest BCUT2D eigenvalue weighted by atomic mass is 16.5. The van der Waals surface area contributed by atoms with E-state index in [1.807, 2.05) is 24.4 Å². The van der Waals surface area contributed by atoms with E-state index in [1.54, 1.807) is 14.2 Å². The molecule has 1 heterocycles. The Morgan fingerprint density at radius 2 is 1.88 bits per heavy atom. The highest BCUT2D eigenvalue weighted by Gasteiger charge is 2.06. The van der Waals surface area contributed by atoms with Crippen LogP contribution >= 0.6 is 0 Å². The van der Waals surface area contributed by atoms with Crippen LogP contribution in [0.4, 0.5) is 0 Å². The maximum Gasteiger partial charge on any atom is 0.161 e. The Labute approximate surface area is 154 Å². The van der Waals surface area contributed by atoms with E-state index >= 15 is 0 Å². The van der Waals surface area contributed by atoms with Crippen molar-refractivity contribution in [3.05, 3.63) is 59.8 Å². The molecule has 0 unspecified atom stereocenters. The normalized spacial score (nSPS) is 11.2. The van der Waals surface area contributed by atoms with Gasteiger partial charge in [0.1, 0.15) is 0 Å². The van der Waals surface area contributed by atoms with Crippen molar-refractivity contribution in [2.75, 3.05) is 14.2 Å². The number of hydrazone groups is 1. The minimum Gasteiger partial charge on any atom is -0.493 e. The van der Waals surface area contributed by atoms with Crippen molar-refractivity contribution >= 4 is 17.1 Å². The quantitative estimate of drug-likeness (QED) is 0.489. The summed E-state index contributed by atoms with van der Waals surface area (Å²) < 4.78 is 12.9. The molecule has 0 aliphatic heterocycles. The third kappa shape index (κ3) is 3.82. The Kier molecular flexibility index (Phi) is 5.79. The number of fused-ring (bicyclic) bond motifs is 1. The van der Waals surface area contributed by atoms with Crippen LogP contribution in [0.2, 0.25) is 0 Å². The molecule has 0 fully saturated rings. The first-order valence-corrected chi connectivity index (χ1v) is 8.81. The summed E-state index contributed by atoms with van der Waals surface area (Å²) in [6.45, 7) is 3.81. The fourth-order valence-electron chi connectivity index (χ4n) is 3.05. The summed E-state index contributed by atoms with van der Waals surface area (Å²) >= 11 is 0. The van der Waals surface area contributed by atoms with Gasteiger partial charge < -0.3 is 19.5 Å². The summed E-state index contributed by atoms with van der Waals surface area (Å²) in [6, 6.07) is 14.3. The second-order valence-corrected chi connectivity index (χ2v) is 6.08. The second kappa shape index (κ2) is 8.43. The summed E-state index contributed by atoms with van der Waals surface area (Å²) in [6.07, 6.45) is 5.15. The molecule has 3 rings (SSSR count). The molecule has 136 valence electrons. The number of aryl methyl sites for hydroxylation is 1. The van der Waals surface area contributed by atoms with Crippen molar-refractivity contribution in [1.29, 1.82) is 0 Å². The standard InChI is InChI=1S/C21H25N3O2/c1-4-11-24-15-17(18-7-5-6-8-19(18)24)14-23-22-13-16-9-10-20(25-2)21(12-16)26-3/h5-10,12,14-15,22H,4,11,13H2,1-3H3/b23-14-. The van der Waals surface area contributed by atoms with Crippen molar-refractivity contribution < 1.29 is 9.47 Å². The van der Waals surface area contributed by atoms with Gasteiger partial charge in [-0.25, -0.2) is 0 Å². The predicted molar refractivity (Wildman–Crippen MR) is 106 cm³/mol. The van der Waals surface area contributed by atoms with Crippen molar-refractivity contribution in [1.82, 2.24) is 9.99 Å². The third-order valence-electron chi connectivity index (χ3n) is 4.31. The van der Waals surface area contributed by atoms with Gasteiger partial charge in [0.05, 0.1) is 27.0 Å². The number of rotatable bonds is 8. The molecule has 0 radical (unpaired) electrons. The largest absolute Gasteiger partial charge is 0.493 e. The van der Waals surface area contributed by atoms with Crippen molar-refractivity contribution in [3.8, 4) is 11.5 Å². The lowest BCUT2D eigenvalue weighted by Crippen LogP contribution is -2.06. The number of aromatic nitrogens is 1. The van der Waals surface area contributed by atoms with E-state index in [2.05, 4.69) is 52.5 Å². The zero-order valence-corrected chi connectivity index (χ0v) is 15.5. The van der Waals surface area contributed by atoms with Gasteiger partial charge in [-0.2, -0.15) is 5.10 Å². The van der Waals surface area contributed by atoms with E-state index in [-0.39, 0.29) is 0 Å². The van der Waals surface area contributed by atoms with Crippen LogP contribution in [0.1, 0.15) is 24.5 Å². The molecule has 0 saturated carbocycles. The van der Waals surface area contributed by atoms with Gasteiger partial charge >= 0.3 is 0 Å². The highest BCUT2D eigenvalue weighted by Crippen LogP contribution is 2.27. The van der Waals surface area contributed by atoms with E-state index in [4.69, 9.17) is 9.47 Å². The van der Waals surface area contributed by atoms with Gasteiger partial charge in [-0.1, -0.05) is 31.2 Å². The van der Waals surface area contributed by atoms with Gasteiger partial charge in [0.15, 0.2) is 11.5 Å². The van der Waals surface area contributed by atoms with Gasteiger partial charge in [-0.15, -0.1) is 0 Å². The lowest BCUT2D eigenvalue weighted by Gasteiger charge is -2.09. The molecule has 1 N–H and O–H groups in total. The van der Waals surface area contributed by atoms with Crippen LogP contribution in [0.15, 0.2) is 53.8 Å². The minimum absolute atomic E-state index is 0.616. The second-order valence-electron chi connectivity index (χ2n) is 6.08. The predicted octanol–water partition coefficient (Wildman–Crippen LogP) is 4.19. The number of nitrogens with zero attached hydrogens (tertiary/aromatic N) is 2. The Morgan fingerprint density at radius 1 is 1.08 bits per heavy atom. The SMILES string of the molecule is CCCn1cc(/C=N\NCc2ccc(OC)c(OC)c2)c2ccccc21. The van der Waals surface area contributed by atoms with Gasteiger partial charge in [0.2, 0.25) is 0 Å². The Bertz CT molecular complexity index is 899. The Balaban J connectivity index is 1.70. The van der Waals surface area contributed by atoms with Crippen LogP contribution in [-0.2, 0) is 13.1 Å². The molecule has 0 amide bonds. The van der Waals surface area contributed by atoms with Gasteiger partial charge in [-0.3, -0.25) is 0 Å². The molecule has 2 aromatic carbocycles. The van der Waals surface area contributed by atoms with Crippen LogP contribution in [0.3, 0.4) is 0 Å². The number of para-hydroxylation sites is 1. The number of hydrogen-bond donors (Lipinski definition) is 1. The fraction of sp³-hybridized carbons (Fsp3) is 0.286. The van der Waals surface area contributed by atoms with Crippen molar-refractivity contribution in [2.45, 2.75) is 26.4 Å². The molecule has 0 aliphatic carbocycles. The molecule has 3 aromatic rings. The molecular formula is C21H25N3O2. The highest BCUT2D eigenvalue weighted by molar-refractivity contribution is 5.99. The first kappa shape index (κ1) is 17.9. The fourth-order valence-corrected chi connectivity index (χ4v) is 3.05. The number of ether oxygens (including phenoxy) is 2. The topological polar surface area (TPSA) is 47.8 Å². The van der Waals surface area contributed by atoms with E-state index in [0.717, 1.165) is 35.6 Å². The summed E-state index contributed by atoms with van der Waals surface area (Å²) in [7, 11) is 3.27. The number of methoxy groups -OCH3 is 2. The molecule has 0 spiro atoms. The van der Waals surface area contributed by atoms with Gasteiger partial charge in [0, 0.05) is 29.2 Å². The number of benzene rings is 2. The zero-order valence-electron chi connectivity index (χ0n) is 15.5. The maximum absolute atomic E-state index is 5.33. The number of hydrogen-bond acceptors (Lipinski definition) is 4. The first-order valence-electron chi connectivity index (χ1n) is 8.81. The number of nitrogens with one attached hydrogen (secondary N) is 1. The minimum atomic E-state index is 0.616. The molecule has 5 heteroatoms. The van der Waals surface area contributed by atoms with E-state index in [0.29, 0.717) is 6.54 Å². The maximum atomic E-state index is 5.33. The Morgan fingerprint density at radius 3 is 2.65 bits per heavy atom. The monoisotopic (exact) mass is 351 g/mol. The zero-order chi connectivity index (χ0) is 18.4. The van der Waals surface area contributed by atoms with Crippen LogP contribution in [0.5, 0.6) is 11.5 Å². The van der Waals surface area contributed by atoms with Crippen LogP contribution < -0.4 is 14.9 Å². The molecular weight excluding hydrogens is 326 g/mol. The molecule has 26 heavy (non-hydrogen) atoms. The molecule has 0 saturated heterocycles. The van der Waals surface area contributed by atoms with Gasteiger partial charge in [0.25, 0.3) is 0 Å². The summed E-state index contributed by atoms with van der Waals surface area (Å²) in [5, 5.41) is 5.62. The van der Waals surface area contributed by atoms with Gasteiger partial charge in [-0.05, 0) is 30.2 Å². The third-order valence-corrected chi connectivity index (χ3v) is 4.31. The smallest absolute Gasteiger partial charge is 0.161 e. The van der Waals surface area contributed by atoms with Crippen LogP contribution in [-0.4, -0.2) is 25.0 Å². The summed E-state index contributed by atoms with van der Waals surface area (Å²) in [5.41, 5.74) is 6.55. The summed E-state index contributed by atoms with van der Waals surface area (Å²) in [4.78, 5) is 0. The Hall–Kier alpha value is -2.95. The lowest BCUT2D eigenvalue weighted by molar-refractivity contribution is 0.354. The summed E-state index contributed by atoms with van der Waals surface area (Å²) in [5.74, 6) is 1.45. The first-order chi connectivity index (χ1) is 12.8. The molecule has 1 aromatic heterocycles. The van der Waals surface area contributed by atoms with Crippen LogP contribution in [0, 0.1) is 0 Å².